The molecule has 1 saturated heterocycles. The molecule has 4 heteroatoms. The summed E-state index contributed by atoms with van der Waals surface area (Å²) in [5.74, 6) is 1.21. The number of aromatic nitrogens is 1. The summed E-state index contributed by atoms with van der Waals surface area (Å²) in [4.78, 5) is 8.86. The monoisotopic (exact) mass is 295 g/mol. The first-order valence-electron chi connectivity index (χ1n) is 7.96. The van der Waals surface area contributed by atoms with Crippen molar-refractivity contribution in [2.24, 2.45) is 5.92 Å². The third-order valence-corrected chi connectivity index (χ3v) is 5.01. The molecule has 2 rings (SSSR count). The molecule has 1 atom stereocenters. The molecule has 20 heavy (non-hydrogen) atoms. The van der Waals surface area contributed by atoms with Crippen molar-refractivity contribution >= 4 is 16.5 Å². The van der Waals surface area contributed by atoms with Gasteiger partial charge in [-0.3, -0.25) is 0 Å². The average Bonchev–Trinajstić information content (AvgIpc) is 2.94. The Bertz CT molecular complexity index is 425. The fourth-order valence-corrected chi connectivity index (χ4v) is 4.06. The molecule has 0 spiro atoms. The van der Waals surface area contributed by atoms with Gasteiger partial charge in [0.2, 0.25) is 0 Å². The lowest BCUT2D eigenvalue weighted by atomic mass is 10.1. The number of hydrogen-bond acceptors (Lipinski definition) is 4. The molecule has 0 radical (unpaired) electrons. The van der Waals surface area contributed by atoms with Crippen molar-refractivity contribution in [2.75, 3.05) is 18.0 Å². The maximum absolute atomic E-state index is 4.94. The van der Waals surface area contributed by atoms with Crippen molar-refractivity contribution in [3.63, 3.8) is 0 Å². The van der Waals surface area contributed by atoms with Crippen LogP contribution in [0.3, 0.4) is 0 Å². The number of nitrogens with zero attached hydrogens (tertiary/aromatic N) is 2. The van der Waals surface area contributed by atoms with Crippen LogP contribution < -0.4 is 10.2 Å². The van der Waals surface area contributed by atoms with E-state index in [1.807, 2.05) is 11.3 Å². The predicted octanol–water partition coefficient (Wildman–Crippen LogP) is 4.00. The Labute approximate surface area is 127 Å². The molecular weight excluding hydrogens is 266 g/mol. The summed E-state index contributed by atoms with van der Waals surface area (Å²) in [5.41, 5.74) is 1.29. The minimum Gasteiger partial charge on any atom is -0.345 e. The summed E-state index contributed by atoms with van der Waals surface area (Å²) >= 11 is 1.89. The van der Waals surface area contributed by atoms with Gasteiger partial charge in [0.05, 0.1) is 5.69 Å². The van der Waals surface area contributed by atoms with E-state index in [-0.39, 0.29) is 0 Å². The fraction of sp³-hybridized carbons (Fsp3) is 0.812. The van der Waals surface area contributed by atoms with E-state index in [2.05, 4.69) is 44.8 Å². The Hall–Kier alpha value is -0.610. The van der Waals surface area contributed by atoms with Crippen molar-refractivity contribution in [1.82, 2.24) is 10.3 Å². The normalized spacial score (nSPS) is 19.6. The summed E-state index contributed by atoms with van der Waals surface area (Å²) in [6.45, 7) is 14.5. The third kappa shape index (κ3) is 3.73. The number of thiazole rings is 1. The van der Waals surface area contributed by atoms with E-state index in [9.17, 15) is 0 Å². The van der Waals surface area contributed by atoms with Gasteiger partial charge in [-0.25, -0.2) is 4.98 Å². The first-order chi connectivity index (χ1) is 9.49. The SMILES string of the molecule is CC(C)CNCc1sc(N2CCCC2C)nc1C(C)C. The Morgan fingerprint density at radius 3 is 2.65 bits per heavy atom. The van der Waals surface area contributed by atoms with Crippen LogP contribution in [0.4, 0.5) is 5.13 Å². The van der Waals surface area contributed by atoms with E-state index < -0.39 is 0 Å². The molecule has 1 aromatic rings. The van der Waals surface area contributed by atoms with E-state index in [0.717, 1.165) is 13.1 Å². The molecular formula is C16H29N3S. The molecule has 0 amide bonds. The molecule has 114 valence electrons. The van der Waals surface area contributed by atoms with Crippen molar-refractivity contribution in [2.45, 2.75) is 66.0 Å². The minimum absolute atomic E-state index is 0.508. The topological polar surface area (TPSA) is 28.2 Å². The van der Waals surface area contributed by atoms with Crippen LogP contribution >= 0.6 is 11.3 Å². The van der Waals surface area contributed by atoms with Crippen LogP contribution in [0.25, 0.3) is 0 Å². The van der Waals surface area contributed by atoms with E-state index in [1.54, 1.807) is 0 Å². The minimum atomic E-state index is 0.508. The Morgan fingerprint density at radius 1 is 1.35 bits per heavy atom. The lowest BCUT2D eigenvalue weighted by Crippen LogP contribution is -2.26. The van der Waals surface area contributed by atoms with Gasteiger partial charge in [0.1, 0.15) is 0 Å². The van der Waals surface area contributed by atoms with Crippen LogP contribution in [-0.2, 0) is 6.54 Å². The predicted molar refractivity (Wildman–Crippen MR) is 88.8 cm³/mol. The number of rotatable bonds is 6. The van der Waals surface area contributed by atoms with Crippen molar-refractivity contribution < 1.29 is 0 Å². The average molecular weight is 295 g/mol. The Morgan fingerprint density at radius 2 is 2.10 bits per heavy atom. The number of nitrogens with one attached hydrogen (secondary N) is 1. The molecule has 1 fully saturated rings. The van der Waals surface area contributed by atoms with E-state index in [4.69, 9.17) is 4.98 Å². The van der Waals surface area contributed by atoms with Crippen LogP contribution in [0.5, 0.6) is 0 Å². The molecule has 1 aliphatic rings. The second-order valence-corrected chi connectivity index (χ2v) is 7.73. The summed E-state index contributed by atoms with van der Waals surface area (Å²) in [6, 6.07) is 0.651. The highest BCUT2D eigenvalue weighted by Gasteiger charge is 2.25. The maximum atomic E-state index is 4.94. The smallest absolute Gasteiger partial charge is 0.186 e. The molecule has 1 unspecified atom stereocenters. The first-order valence-corrected chi connectivity index (χ1v) is 8.77. The molecule has 0 aliphatic carbocycles. The zero-order chi connectivity index (χ0) is 14.7. The fourth-order valence-electron chi connectivity index (χ4n) is 2.74. The lowest BCUT2D eigenvalue weighted by Gasteiger charge is -2.19. The molecule has 0 saturated carbocycles. The highest BCUT2D eigenvalue weighted by molar-refractivity contribution is 7.15. The summed E-state index contributed by atoms with van der Waals surface area (Å²) in [7, 11) is 0. The van der Waals surface area contributed by atoms with Gasteiger partial charge in [-0.05, 0) is 38.1 Å². The van der Waals surface area contributed by atoms with Gasteiger partial charge in [-0.2, -0.15) is 0 Å². The Kier molecular flexibility index (Phi) is 5.44. The molecule has 2 heterocycles. The van der Waals surface area contributed by atoms with E-state index >= 15 is 0 Å². The van der Waals surface area contributed by atoms with Gasteiger partial charge >= 0.3 is 0 Å². The number of anilines is 1. The van der Waals surface area contributed by atoms with E-state index in [0.29, 0.717) is 17.9 Å². The maximum Gasteiger partial charge on any atom is 0.186 e. The van der Waals surface area contributed by atoms with E-state index in [1.165, 1.54) is 35.1 Å². The third-order valence-electron chi connectivity index (χ3n) is 3.90. The van der Waals surface area contributed by atoms with Gasteiger partial charge in [-0.1, -0.05) is 27.7 Å². The molecule has 1 aliphatic heterocycles. The van der Waals surface area contributed by atoms with Crippen molar-refractivity contribution in [3.8, 4) is 0 Å². The summed E-state index contributed by atoms with van der Waals surface area (Å²) in [6.07, 6.45) is 2.61. The van der Waals surface area contributed by atoms with Crippen LogP contribution in [0, 0.1) is 5.92 Å². The molecule has 0 bridgehead atoms. The van der Waals surface area contributed by atoms with Gasteiger partial charge < -0.3 is 10.2 Å². The lowest BCUT2D eigenvalue weighted by molar-refractivity contribution is 0.552. The van der Waals surface area contributed by atoms with Crippen LogP contribution in [-0.4, -0.2) is 24.1 Å². The Balaban J connectivity index is 2.11. The molecule has 1 N–H and O–H groups in total. The zero-order valence-electron chi connectivity index (χ0n) is 13.6. The highest BCUT2D eigenvalue weighted by Crippen LogP contribution is 2.34. The van der Waals surface area contributed by atoms with Gasteiger partial charge in [0.25, 0.3) is 0 Å². The summed E-state index contributed by atoms with van der Waals surface area (Å²) < 4.78 is 0. The van der Waals surface area contributed by atoms with Gasteiger partial charge in [-0.15, -0.1) is 11.3 Å². The summed E-state index contributed by atoms with van der Waals surface area (Å²) in [5, 5.41) is 4.80. The molecule has 1 aromatic heterocycles. The first kappa shape index (κ1) is 15.8. The zero-order valence-corrected chi connectivity index (χ0v) is 14.4. The van der Waals surface area contributed by atoms with Gasteiger partial charge in [0, 0.05) is 24.0 Å². The van der Waals surface area contributed by atoms with Crippen molar-refractivity contribution in [3.05, 3.63) is 10.6 Å². The van der Waals surface area contributed by atoms with Crippen molar-refractivity contribution in [1.29, 1.82) is 0 Å². The van der Waals surface area contributed by atoms with Gasteiger partial charge in [0.15, 0.2) is 5.13 Å². The largest absolute Gasteiger partial charge is 0.345 e. The molecule has 3 nitrogen and oxygen atoms in total. The van der Waals surface area contributed by atoms with Crippen LogP contribution in [0.2, 0.25) is 0 Å². The second-order valence-electron chi connectivity index (χ2n) is 6.67. The number of hydrogen-bond donors (Lipinski definition) is 1. The molecule has 0 aromatic carbocycles. The second kappa shape index (κ2) is 6.90. The quantitative estimate of drug-likeness (QED) is 0.860. The standard InChI is InChI=1S/C16H29N3S/c1-11(2)9-17-10-14-15(12(3)4)18-16(20-14)19-8-6-7-13(19)5/h11-13,17H,6-10H2,1-5H3. The van der Waals surface area contributed by atoms with Crippen LogP contribution in [0.15, 0.2) is 0 Å². The van der Waals surface area contributed by atoms with Crippen LogP contribution in [0.1, 0.15) is 63.9 Å². The highest BCUT2D eigenvalue weighted by atomic mass is 32.1.